The first kappa shape index (κ1) is 19.5. The Morgan fingerprint density at radius 3 is 2.52 bits per heavy atom. The smallest absolute Gasteiger partial charge is 0.409 e. The normalized spacial score (nSPS) is 21.7. The van der Waals surface area contributed by atoms with Crippen molar-refractivity contribution in [1.82, 2.24) is 9.80 Å². The summed E-state index contributed by atoms with van der Waals surface area (Å²) in [6, 6.07) is 9.67. The average Bonchev–Trinajstić information content (AvgIpc) is 3.24. The van der Waals surface area contributed by atoms with E-state index in [1.807, 2.05) is 29.2 Å². The summed E-state index contributed by atoms with van der Waals surface area (Å²) in [6.07, 6.45) is 0.863. The molecule has 2 aliphatic heterocycles. The number of nitrogens with one attached hydrogen (secondary N) is 1. The largest absolute Gasteiger partial charge is 0.447 e. The van der Waals surface area contributed by atoms with Gasteiger partial charge in [-0.1, -0.05) is 0 Å². The molecule has 2 unspecified atom stereocenters. The molecule has 1 amide bonds. The van der Waals surface area contributed by atoms with Gasteiger partial charge >= 0.3 is 6.09 Å². The van der Waals surface area contributed by atoms with Gasteiger partial charge in [0.2, 0.25) is 0 Å². The fourth-order valence-electron chi connectivity index (χ4n) is 3.92. The summed E-state index contributed by atoms with van der Waals surface area (Å²) in [6.45, 7) is 6.46. The highest BCUT2D eigenvalue weighted by Crippen LogP contribution is 2.31. The van der Waals surface area contributed by atoms with Gasteiger partial charge in [-0.3, -0.25) is 0 Å². The van der Waals surface area contributed by atoms with Gasteiger partial charge in [0.25, 0.3) is 0 Å². The molecule has 2 aliphatic rings. The van der Waals surface area contributed by atoms with Crippen LogP contribution < -0.4 is 5.32 Å². The molecular weight excluding hydrogens is 344 g/mol. The second kappa shape index (κ2) is 9.58. The van der Waals surface area contributed by atoms with Gasteiger partial charge in [-0.2, -0.15) is 5.26 Å². The monoisotopic (exact) mass is 372 g/mol. The summed E-state index contributed by atoms with van der Waals surface area (Å²) >= 11 is 0. The lowest BCUT2D eigenvalue weighted by atomic mass is 10.0. The van der Waals surface area contributed by atoms with Crippen LogP contribution in [0.5, 0.6) is 0 Å². The molecular formula is C20H28N4O3. The maximum absolute atomic E-state index is 12.0. The number of carbonyl (C=O) groups is 1. The predicted molar refractivity (Wildman–Crippen MR) is 102 cm³/mol. The number of carbonyl (C=O) groups excluding carboxylic acids is 1. The lowest BCUT2D eigenvalue weighted by molar-refractivity contribution is 0.0743. The van der Waals surface area contributed by atoms with Crippen molar-refractivity contribution in [2.75, 3.05) is 64.9 Å². The predicted octanol–water partition coefficient (Wildman–Crippen LogP) is 2.01. The van der Waals surface area contributed by atoms with Gasteiger partial charge in [0, 0.05) is 45.5 Å². The van der Waals surface area contributed by atoms with Gasteiger partial charge in [0.05, 0.1) is 18.2 Å². The van der Waals surface area contributed by atoms with Gasteiger partial charge in [-0.15, -0.1) is 0 Å². The van der Waals surface area contributed by atoms with E-state index in [0.717, 1.165) is 51.4 Å². The zero-order chi connectivity index (χ0) is 19.1. The zero-order valence-corrected chi connectivity index (χ0v) is 15.9. The Morgan fingerprint density at radius 1 is 1.19 bits per heavy atom. The van der Waals surface area contributed by atoms with Crippen LogP contribution in [0.2, 0.25) is 0 Å². The number of likely N-dealkylation sites (tertiary alicyclic amines) is 2. The summed E-state index contributed by atoms with van der Waals surface area (Å²) in [5.74, 6) is 1.12. The molecule has 3 rings (SSSR count). The van der Waals surface area contributed by atoms with Crippen molar-refractivity contribution >= 4 is 11.8 Å². The summed E-state index contributed by atoms with van der Waals surface area (Å²) in [5.41, 5.74) is 1.73. The number of nitriles is 1. The van der Waals surface area contributed by atoms with Crippen LogP contribution in [0, 0.1) is 23.2 Å². The van der Waals surface area contributed by atoms with E-state index in [4.69, 9.17) is 14.7 Å². The van der Waals surface area contributed by atoms with Crippen molar-refractivity contribution in [2.24, 2.45) is 11.8 Å². The van der Waals surface area contributed by atoms with E-state index < -0.39 is 0 Å². The van der Waals surface area contributed by atoms with E-state index in [1.165, 1.54) is 0 Å². The molecule has 0 spiro atoms. The standard InChI is InChI=1S/C20H28N4O3/c1-26-9-10-27-20(25)24-14-17-12-23(13-18(17)15-24)8-2-7-22-19-5-3-16(11-21)4-6-19/h3-6,17-18,22H,2,7-10,12-15H2,1H3. The third kappa shape index (κ3) is 5.34. The van der Waals surface area contributed by atoms with Crippen molar-refractivity contribution in [3.63, 3.8) is 0 Å². The highest BCUT2D eigenvalue weighted by atomic mass is 16.6. The van der Waals surface area contributed by atoms with Crippen molar-refractivity contribution < 1.29 is 14.3 Å². The minimum atomic E-state index is -0.209. The van der Waals surface area contributed by atoms with E-state index >= 15 is 0 Å². The van der Waals surface area contributed by atoms with Crippen LogP contribution in [0.15, 0.2) is 24.3 Å². The van der Waals surface area contributed by atoms with Crippen LogP contribution in [0.3, 0.4) is 0 Å². The first-order valence-electron chi connectivity index (χ1n) is 9.56. The van der Waals surface area contributed by atoms with Gasteiger partial charge in [0.15, 0.2) is 0 Å². The maximum Gasteiger partial charge on any atom is 0.409 e. The number of ether oxygens (including phenoxy) is 2. The van der Waals surface area contributed by atoms with Gasteiger partial charge < -0.3 is 24.6 Å². The number of nitrogens with zero attached hydrogens (tertiary/aromatic N) is 3. The highest BCUT2D eigenvalue weighted by Gasteiger charge is 2.41. The molecule has 146 valence electrons. The fraction of sp³-hybridized carbons (Fsp3) is 0.600. The van der Waals surface area contributed by atoms with E-state index in [1.54, 1.807) is 7.11 Å². The number of hydrogen-bond donors (Lipinski definition) is 1. The lowest BCUT2D eigenvalue weighted by Crippen LogP contribution is -2.34. The van der Waals surface area contributed by atoms with Crippen molar-refractivity contribution in [3.8, 4) is 6.07 Å². The average molecular weight is 372 g/mol. The minimum absolute atomic E-state index is 0.209. The molecule has 1 aromatic carbocycles. The Morgan fingerprint density at radius 2 is 1.89 bits per heavy atom. The number of rotatable bonds is 8. The van der Waals surface area contributed by atoms with Crippen molar-refractivity contribution in [1.29, 1.82) is 5.26 Å². The van der Waals surface area contributed by atoms with Crippen LogP contribution >= 0.6 is 0 Å². The topological polar surface area (TPSA) is 77.8 Å². The Kier molecular flexibility index (Phi) is 6.91. The van der Waals surface area contributed by atoms with Crippen molar-refractivity contribution in [3.05, 3.63) is 29.8 Å². The van der Waals surface area contributed by atoms with Gasteiger partial charge in [0.1, 0.15) is 6.61 Å². The summed E-state index contributed by atoms with van der Waals surface area (Å²) in [5, 5.41) is 12.2. The molecule has 0 radical (unpaired) electrons. The Labute approximate surface area is 160 Å². The van der Waals surface area contributed by atoms with Crippen LogP contribution in [-0.4, -0.2) is 75.5 Å². The molecule has 0 bridgehead atoms. The fourth-order valence-corrected chi connectivity index (χ4v) is 3.92. The number of methoxy groups -OCH3 is 1. The molecule has 2 saturated heterocycles. The Hall–Kier alpha value is -2.30. The summed E-state index contributed by atoms with van der Waals surface area (Å²) in [7, 11) is 1.60. The van der Waals surface area contributed by atoms with Gasteiger partial charge in [-0.25, -0.2) is 4.79 Å². The summed E-state index contributed by atoms with van der Waals surface area (Å²) < 4.78 is 10.1. The van der Waals surface area contributed by atoms with E-state index in [-0.39, 0.29) is 6.09 Å². The third-order valence-corrected chi connectivity index (χ3v) is 5.33. The number of hydrogen-bond acceptors (Lipinski definition) is 6. The quantitative estimate of drug-likeness (QED) is 0.704. The first-order chi connectivity index (χ1) is 13.2. The maximum atomic E-state index is 12.0. The van der Waals surface area contributed by atoms with Crippen LogP contribution in [0.4, 0.5) is 10.5 Å². The number of benzene rings is 1. The molecule has 7 heteroatoms. The second-order valence-electron chi connectivity index (χ2n) is 7.26. The van der Waals surface area contributed by atoms with Crippen LogP contribution in [0.1, 0.15) is 12.0 Å². The number of amides is 1. The third-order valence-electron chi connectivity index (χ3n) is 5.33. The summed E-state index contributed by atoms with van der Waals surface area (Å²) in [4.78, 5) is 16.4. The molecule has 1 aromatic rings. The highest BCUT2D eigenvalue weighted by molar-refractivity contribution is 5.68. The molecule has 0 saturated carbocycles. The van der Waals surface area contributed by atoms with Crippen LogP contribution in [-0.2, 0) is 9.47 Å². The first-order valence-corrected chi connectivity index (χ1v) is 9.56. The van der Waals surface area contributed by atoms with E-state index in [0.29, 0.717) is 30.6 Å². The molecule has 2 fully saturated rings. The molecule has 0 aromatic heterocycles. The van der Waals surface area contributed by atoms with E-state index in [2.05, 4.69) is 16.3 Å². The second-order valence-corrected chi connectivity index (χ2v) is 7.26. The molecule has 2 atom stereocenters. The van der Waals surface area contributed by atoms with Gasteiger partial charge in [-0.05, 0) is 49.1 Å². The molecule has 27 heavy (non-hydrogen) atoms. The molecule has 7 nitrogen and oxygen atoms in total. The Bertz CT molecular complexity index is 644. The molecule has 1 N–H and O–H groups in total. The number of fused-ring (bicyclic) bond motifs is 1. The molecule has 0 aliphatic carbocycles. The van der Waals surface area contributed by atoms with Crippen molar-refractivity contribution in [2.45, 2.75) is 6.42 Å². The lowest BCUT2D eigenvalue weighted by Gasteiger charge is -2.21. The molecule has 2 heterocycles. The van der Waals surface area contributed by atoms with Crippen LogP contribution in [0.25, 0.3) is 0 Å². The minimum Gasteiger partial charge on any atom is -0.447 e. The zero-order valence-electron chi connectivity index (χ0n) is 15.9. The Balaban J connectivity index is 1.31. The SMILES string of the molecule is COCCOC(=O)N1CC2CN(CCCNc3ccc(C#N)cc3)CC2C1. The van der Waals surface area contributed by atoms with E-state index in [9.17, 15) is 4.79 Å². The number of anilines is 1.